The van der Waals surface area contributed by atoms with Crippen molar-refractivity contribution in [3.05, 3.63) is 34.7 Å². The second-order valence-corrected chi connectivity index (χ2v) is 5.30. The number of aromatic hydroxyl groups is 1. The number of amides is 1. The predicted molar refractivity (Wildman–Crippen MR) is 74.0 cm³/mol. The van der Waals surface area contributed by atoms with E-state index in [4.69, 9.17) is 9.15 Å². The molecule has 106 valence electrons. The van der Waals surface area contributed by atoms with Crippen LogP contribution in [-0.2, 0) is 4.74 Å². The van der Waals surface area contributed by atoms with E-state index in [9.17, 15) is 14.7 Å². The lowest BCUT2D eigenvalue weighted by atomic mass is 10.2. The molecule has 0 aliphatic carbocycles. The summed E-state index contributed by atoms with van der Waals surface area (Å²) in [6, 6.07) is 5.83. The van der Waals surface area contributed by atoms with Gasteiger partial charge in [-0.1, -0.05) is 0 Å². The van der Waals surface area contributed by atoms with Crippen molar-refractivity contribution in [2.45, 2.75) is 26.4 Å². The number of fused-ring (bicyclic) bond motifs is 1. The van der Waals surface area contributed by atoms with Crippen molar-refractivity contribution in [2.75, 3.05) is 5.32 Å². The summed E-state index contributed by atoms with van der Waals surface area (Å²) in [5, 5.41) is 12.2. The Kier molecular flexibility index (Phi) is 3.40. The number of ether oxygens (including phenoxy) is 1. The maximum atomic E-state index is 11.7. The first-order valence-corrected chi connectivity index (χ1v) is 6.01. The molecule has 2 N–H and O–H groups in total. The highest BCUT2D eigenvalue weighted by molar-refractivity contribution is 5.88. The molecule has 0 bridgehead atoms. The Morgan fingerprint density at radius 1 is 1.30 bits per heavy atom. The van der Waals surface area contributed by atoms with E-state index in [-0.39, 0.29) is 17.0 Å². The fourth-order valence-electron chi connectivity index (χ4n) is 1.60. The first kappa shape index (κ1) is 13.9. The Labute approximate surface area is 115 Å². The molecular formula is C14H15NO5. The van der Waals surface area contributed by atoms with Gasteiger partial charge in [0.2, 0.25) is 0 Å². The molecule has 0 radical (unpaired) electrons. The minimum atomic E-state index is -0.733. The van der Waals surface area contributed by atoms with E-state index in [0.717, 1.165) is 0 Å². The van der Waals surface area contributed by atoms with Crippen molar-refractivity contribution >= 4 is 22.7 Å². The predicted octanol–water partition coefficient (Wildman–Crippen LogP) is 2.85. The van der Waals surface area contributed by atoms with E-state index < -0.39 is 17.3 Å². The molecule has 6 heteroatoms. The standard InChI is InChI=1S/C14H15NO5/c1-14(2,3)20-13(18)15-10-6-8-4-5-9(16)7-11(8)19-12(10)17/h4-7,16H,1-3H3,(H,15,18). The number of rotatable bonds is 1. The molecule has 20 heavy (non-hydrogen) atoms. The maximum absolute atomic E-state index is 11.7. The van der Waals surface area contributed by atoms with E-state index >= 15 is 0 Å². The molecule has 0 saturated carbocycles. The molecule has 1 heterocycles. The van der Waals surface area contributed by atoms with Crippen LogP contribution in [0.5, 0.6) is 5.75 Å². The van der Waals surface area contributed by atoms with Crippen LogP contribution in [0.3, 0.4) is 0 Å². The highest BCUT2D eigenvalue weighted by Gasteiger charge is 2.17. The average molecular weight is 277 g/mol. The van der Waals surface area contributed by atoms with Crippen molar-refractivity contribution in [2.24, 2.45) is 0 Å². The fraction of sp³-hybridized carbons (Fsp3) is 0.286. The first-order valence-electron chi connectivity index (χ1n) is 6.01. The third kappa shape index (κ3) is 3.28. The van der Waals surface area contributed by atoms with Gasteiger partial charge in [0, 0.05) is 11.5 Å². The highest BCUT2D eigenvalue weighted by Crippen LogP contribution is 2.21. The minimum Gasteiger partial charge on any atom is -0.508 e. The van der Waals surface area contributed by atoms with Gasteiger partial charge in [-0.15, -0.1) is 0 Å². The summed E-state index contributed by atoms with van der Waals surface area (Å²) in [5.74, 6) is -0.00602. The topological polar surface area (TPSA) is 88.8 Å². The normalized spacial score (nSPS) is 11.3. The maximum Gasteiger partial charge on any atom is 0.412 e. The van der Waals surface area contributed by atoms with Gasteiger partial charge in [-0.3, -0.25) is 5.32 Å². The number of anilines is 1. The largest absolute Gasteiger partial charge is 0.508 e. The first-order chi connectivity index (χ1) is 9.24. The van der Waals surface area contributed by atoms with Crippen LogP contribution in [0.1, 0.15) is 20.8 Å². The van der Waals surface area contributed by atoms with Crippen LogP contribution in [0.25, 0.3) is 11.0 Å². The van der Waals surface area contributed by atoms with Crippen molar-refractivity contribution in [1.82, 2.24) is 0 Å². The number of phenols is 1. The molecule has 2 aromatic rings. The van der Waals surface area contributed by atoms with Gasteiger partial charge in [0.25, 0.3) is 0 Å². The molecule has 6 nitrogen and oxygen atoms in total. The van der Waals surface area contributed by atoms with Crippen LogP contribution in [0.2, 0.25) is 0 Å². The lowest BCUT2D eigenvalue weighted by Gasteiger charge is -2.19. The van der Waals surface area contributed by atoms with Crippen LogP contribution >= 0.6 is 0 Å². The van der Waals surface area contributed by atoms with E-state index in [1.54, 1.807) is 26.8 Å². The van der Waals surface area contributed by atoms with E-state index in [1.807, 2.05) is 0 Å². The van der Waals surface area contributed by atoms with E-state index in [0.29, 0.717) is 5.39 Å². The monoisotopic (exact) mass is 277 g/mol. The van der Waals surface area contributed by atoms with E-state index in [2.05, 4.69) is 5.32 Å². The lowest BCUT2D eigenvalue weighted by molar-refractivity contribution is 0.0635. The molecule has 0 atom stereocenters. The summed E-state index contributed by atoms with van der Waals surface area (Å²) in [7, 11) is 0. The van der Waals surface area contributed by atoms with Crippen LogP contribution in [-0.4, -0.2) is 16.8 Å². The molecule has 2 rings (SSSR count). The van der Waals surface area contributed by atoms with Gasteiger partial charge in [0.05, 0.1) is 0 Å². The van der Waals surface area contributed by atoms with Gasteiger partial charge in [-0.05, 0) is 39.0 Å². The van der Waals surface area contributed by atoms with Crippen LogP contribution in [0.4, 0.5) is 10.5 Å². The van der Waals surface area contributed by atoms with Crippen LogP contribution in [0.15, 0.2) is 33.5 Å². The molecule has 1 aromatic heterocycles. The number of carbonyl (C=O) groups excluding carboxylic acids is 1. The summed E-state index contributed by atoms with van der Waals surface area (Å²) >= 11 is 0. The molecule has 0 fully saturated rings. The quantitative estimate of drug-likeness (QED) is 0.782. The summed E-state index contributed by atoms with van der Waals surface area (Å²) in [6.07, 6.45) is -0.733. The molecule has 0 spiro atoms. The zero-order valence-electron chi connectivity index (χ0n) is 11.4. The SMILES string of the molecule is CC(C)(C)OC(=O)Nc1cc2ccc(O)cc2oc1=O. The summed E-state index contributed by atoms with van der Waals surface area (Å²) in [6.45, 7) is 5.16. The van der Waals surface area contributed by atoms with E-state index in [1.165, 1.54) is 18.2 Å². The number of nitrogens with one attached hydrogen (secondary N) is 1. The van der Waals surface area contributed by atoms with Gasteiger partial charge >= 0.3 is 11.7 Å². The average Bonchev–Trinajstić information content (AvgIpc) is 2.28. The van der Waals surface area contributed by atoms with Gasteiger partial charge in [-0.25, -0.2) is 9.59 Å². The summed E-state index contributed by atoms with van der Waals surface area (Å²) in [5.41, 5.74) is -1.15. The summed E-state index contributed by atoms with van der Waals surface area (Å²) in [4.78, 5) is 23.3. The molecule has 0 aliphatic heterocycles. The van der Waals surface area contributed by atoms with Crippen molar-refractivity contribution in [3.8, 4) is 5.75 Å². The van der Waals surface area contributed by atoms with Gasteiger partial charge in [-0.2, -0.15) is 0 Å². The fourth-order valence-corrected chi connectivity index (χ4v) is 1.60. The second kappa shape index (κ2) is 4.88. The zero-order valence-corrected chi connectivity index (χ0v) is 11.4. The molecule has 0 saturated heterocycles. The third-order valence-electron chi connectivity index (χ3n) is 2.36. The Bertz CT molecular complexity index is 712. The van der Waals surface area contributed by atoms with Crippen LogP contribution in [0, 0.1) is 0 Å². The number of benzene rings is 1. The molecule has 1 aromatic carbocycles. The van der Waals surface area contributed by atoms with Gasteiger partial charge in [0.15, 0.2) is 0 Å². The number of carbonyl (C=O) groups is 1. The Hall–Kier alpha value is -2.50. The molecule has 1 amide bonds. The minimum absolute atomic E-state index is 0.00602. The molecular weight excluding hydrogens is 262 g/mol. The number of hydrogen-bond acceptors (Lipinski definition) is 5. The van der Waals surface area contributed by atoms with Crippen molar-refractivity contribution < 1.29 is 19.1 Å². The number of hydrogen-bond donors (Lipinski definition) is 2. The number of phenolic OH excluding ortho intramolecular Hbond substituents is 1. The Morgan fingerprint density at radius 3 is 2.65 bits per heavy atom. The third-order valence-corrected chi connectivity index (χ3v) is 2.36. The zero-order chi connectivity index (χ0) is 14.9. The van der Waals surface area contributed by atoms with Gasteiger partial charge in [0.1, 0.15) is 22.6 Å². The smallest absolute Gasteiger partial charge is 0.412 e. The molecule has 0 unspecified atom stereocenters. The van der Waals surface area contributed by atoms with Crippen LogP contribution < -0.4 is 10.9 Å². The highest BCUT2D eigenvalue weighted by atomic mass is 16.6. The Morgan fingerprint density at radius 2 is 2.00 bits per heavy atom. The van der Waals surface area contributed by atoms with Crippen molar-refractivity contribution in [3.63, 3.8) is 0 Å². The second-order valence-electron chi connectivity index (χ2n) is 5.30. The molecule has 0 aliphatic rings. The summed E-state index contributed by atoms with van der Waals surface area (Å²) < 4.78 is 10.1. The Balaban J connectivity index is 2.31. The van der Waals surface area contributed by atoms with Crippen molar-refractivity contribution in [1.29, 1.82) is 0 Å². The lowest BCUT2D eigenvalue weighted by Crippen LogP contribution is -2.28. The van der Waals surface area contributed by atoms with Gasteiger partial charge < -0.3 is 14.3 Å².